The summed E-state index contributed by atoms with van der Waals surface area (Å²) >= 11 is 0. The third kappa shape index (κ3) is 3.64. The molecule has 1 fully saturated rings. The molecule has 2 aromatic heterocycles. The Morgan fingerprint density at radius 1 is 1.21 bits per heavy atom. The molecule has 1 atom stereocenters. The van der Waals surface area contributed by atoms with E-state index in [0.29, 0.717) is 42.7 Å². The number of likely N-dealkylation sites (tertiary alicyclic amines) is 1. The van der Waals surface area contributed by atoms with Crippen LogP contribution in [0.3, 0.4) is 0 Å². The van der Waals surface area contributed by atoms with Crippen LogP contribution in [0, 0.1) is 5.82 Å². The minimum absolute atomic E-state index is 0.168. The number of methoxy groups -OCH3 is 1. The van der Waals surface area contributed by atoms with Crippen LogP contribution in [-0.2, 0) is 0 Å². The predicted molar refractivity (Wildman–Crippen MR) is 97.5 cm³/mol. The maximum absolute atomic E-state index is 13.1. The summed E-state index contributed by atoms with van der Waals surface area (Å²) in [5, 5.41) is 6.92. The maximum Gasteiger partial charge on any atom is 0.278 e. The number of hydrogen-bond donors (Lipinski definition) is 1. The summed E-state index contributed by atoms with van der Waals surface area (Å²) in [6.45, 7) is 0.973. The Morgan fingerprint density at radius 2 is 1.96 bits per heavy atom. The van der Waals surface area contributed by atoms with Crippen LogP contribution >= 0.6 is 0 Å². The van der Waals surface area contributed by atoms with E-state index in [-0.39, 0.29) is 17.8 Å². The molecule has 1 aromatic carbocycles. The highest BCUT2D eigenvalue weighted by molar-refractivity contribution is 5.93. The number of aromatic amines is 1. The van der Waals surface area contributed by atoms with Crippen molar-refractivity contribution in [2.75, 3.05) is 20.2 Å². The normalized spacial score (nSPS) is 16.2. The van der Waals surface area contributed by atoms with Gasteiger partial charge in [0.05, 0.1) is 19.3 Å². The van der Waals surface area contributed by atoms with Gasteiger partial charge in [-0.05, 0) is 30.3 Å². The number of H-pyrrole nitrogens is 1. The van der Waals surface area contributed by atoms with E-state index in [1.807, 2.05) is 0 Å². The molecule has 4 rings (SSSR count). The predicted octanol–water partition coefficient (Wildman–Crippen LogP) is 2.31. The standard InChI is InChI=1S/C19H18FN5O3/c1-27-17-18(22-8-7-21-17)28-14-6-9-25(11-14)19(26)16-10-15(23-24-16)12-2-4-13(20)5-3-12/h2-5,7-8,10,14H,6,9,11H2,1H3,(H,23,24). The second-order valence-electron chi connectivity index (χ2n) is 6.32. The molecule has 144 valence electrons. The van der Waals surface area contributed by atoms with Gasteiger partial charge in [-0.1, -0.05) is 0 Å². The molecule has 0 saturated carbocycles. The first-order valence-corrected chi connectivity index (χ1v) is 8.76. The lowest BCUT2D eigenvalue weighted by Gasteiger charge is -2.16. The number of nitrogens with zero attached hydrogens (tertiary/aromatic N) is 4. The summed E-state index contributed by atoms with van der Waals surface area (Å²) in [5.74, 6) is 0.130. The molecule has 0 aliphatic carbocycles. The highest BCUT2D eigenvalue weighted by atomic mass is 19.1. The van der Waals surface area contributed by atoms with Gasteiger partial charge in [-0.25, -0.2) is 14.4 Å². The first kappa shape index (κ1) is 17.9. The van der Waals surface area contributed by atoms with E-state index in [9.17, 15) is 9.18 Å². The number of nitrogens with one attached hydrogen (secondary N) is 1. The summed E-state index contributed by atoms with van der Waals surface area (Å²) in [5.41, 5.74) is 1.69. The summed E-state index contributed by atoms with van der Waals surface area (Å²) in [7, 11) is 1.50. The number of halogens is 1. The van der Waals surface area contributed by atoms with Crippen LogP contribution in [0.5, 0.6) is 11.8 Å². The molecular formula is C19H18FN5O3. The lowest BCUT2D eigenvalue weighted by molar-refractivity contribution is 0.0764. The summed E-state index contributed by atoms with van der Waals surface area (Å²) in [6.07, 6.45) is 3.52. The third-order valence-electron chi connectivity index (χ3n) is 4.49. The van der Waals surface area contributed by atoms with E-state index in [0.717, 1.165) is 5.56 Å². The average Bonchev–Trinajstić information content (AvgIpc) is 3.38. The number of benzene rings is 1. The van der Waals surface area contributed by atoms with Crippen LogP contribution in [0.15, 0.2) is 42.7 Å². The van der Waals surface area contributed by atoms with Gasteiger partial charge in [-0.2, -0.15) is 5.10 Å². The van der Waals surface area contributed by atoms with Crippen molar-refractivity contribution in [2.45, 2.75) is 12.5 Å². The summed E-state index contributed by atoms with van der Waals surface area (Å²) < 4.78 is 24.0. The fourth-order valence-corrected chi connectivity index (χ4v) is 3.07. The molecule has 8 nitrogen and oxygen atoms in total. The number of hydrogen-bond acceptors (Lipinski definition) is 6. The Labute approximate surface area is 160 Å². The Kier molecular flexibility index (Phi) is 4.88. The number of aromatic nitrogens is 4. The Bertz CT molecular complexity index is 976. The van der Waals surface area contributed by atoms with E-state index in [2.05, 4.69) is 20.2 Å². The van der Waals surface area contributed by atoms with E-state index < -0.39 is 0 Å². The average molecular weight is 383 g/mol. The van der Waals surface area contributed by atoms with Gasteiger partial charge < -0.3 is 14.4 Å². The SMILES string of the molecule is COc1nccnc1OC1CCN(C(=O)c2cc(-c3ccc(F)cc3)n[nH]2)C1. The van der Waals surface area contributed by atoms with Crippen molar-refractivity contribution in [2.24, 2.45) is 0 Å². The monoisotopic (exact) mass is 383 g/mol. The Balaban J connectivity index is 1.41. The smallest absolute Gasteiger partial charge is 0.278 e. The van der Waals surface area contributed by atoms with E-state index in [1.165, 1.54) is 31.6 Å². The highest BCUT2D eigenvalue weighted by Gasteiger charge is 2.30. The van der Waals surface area contributed by atoms with Gasteiger partial charge in [-0.15, -0.1) is 0 Å². The van der Waals surface area contributed by atoms with Crippen molar-refractivity contribution in [3.05, 3.63) is 54.2 Å². The van der Waals surface area contributed by atoms with Crippen molar-refractivity contribution in [1.29, 1.82) is 0 Å². The van der Waals surface area contributed by atoms with Crippen LogP contribution < -0.4 is 9.47 Å². The van der Waals surface area contributed by atoms with Gasteiger partial charge in [0.15, 0.2) is 0 Å². The van der Waals surface area contributed by atoms with Crippen LogP contribution in [0.25, 0.3) is 11.3 Å². The van der Waals surface area contributed by atoms with Gasteiger partial charge in [0.1, 0.15) is 17.6 Å². The van der Waals surface area contributed by atoms with Crippen molar-refractivity contribution >= 4 is 5.91 Å². The molecule has 0 bridgehead atoms. The van der Waals surface area contributed by atoms with Gasteiger partial charge in [0, 0.05) is 30.9 Å². The van der Waals surface area contributed by atoms with Crippen molar-refractivity contribution in [3.8, 4) is 23.0 Å². The van der Waals surface area contributed by atoms with Gasteiger partial charge in [-0.3, -0.25) is 9.89 Å². The molecular weight excluding hydrogens is 365 g/mol. The molecule has 0 spiro atoms. The Morgan fingerprint density at radius 3 is 2.71 bits per heavy atom. The zero-order valence-electron chi connectivity index (χ0n) is 15.1. The molecule has 3 aromatic rings. The van der Waals surface area contributed by atoms with Gasteiger partial charge >= 0.3 is 0 Å². The molecule has 1 aliphatic heterocycles. The number of ether oxygens (including phenoxy) is 2. The van der Waals surface area contributed by atoms with Crippen LogP contribution in [0.4, 0.5) is 4.39 Å². The summed E-state index contributed by atoms with van der Waals surface area (Å²) in [4.78, 5) is 22.6. The quantitative estimate of drug-likeness (QED) is 0.727. The summed E-state index contributed by atoms with van der Waals surface area (Å²) in [6, 6.07) is 7.61. The molecule has 3 heterocycles. The molecule has 1 saturated heterocycles. The molecule has 1 N–H and O–H groups in total. The first-order chi connectivity index (χ1) is 13.6. The zero-order chi connectivity index (χ0) is 19.5. The van der Waals surface area contributed by atoms with Crippen LogP contribution in [0.1, 0.15) is 16.9 Å². The zero-order valence-corrected chi connectivity index (χ0v) is 15.1. The fraction of sp³-hybridized carbons (Fsp3) is 0.263. The van der Waals surface area contributed by atoms with Crippen molar-refractivity contribution in [1.82, 2.24) is 25.1 Å². The Hall–Kier alpha value is -3.49. The fourth-order valence-electron chi connectivity index (χ4n) is 3.07. The lowest BCUT2D eigenvalue weighted by Crippen LogP contribution is -2.31. The molecule has 1 unspecified atom stereocenters. The molecule has 1 amide bonds. The highest BCUT2D eigenvalue weighted by Crippen LogP contribution is 2.25. The number of rotatable bonds is 5. The van der Waals surface area contributed by atoms with Gasteiger partial charge in [0.2, 0.25) is 0 Å². The second kappa shape index (κ2) is 7.63. The van der Waals surface area contributed by atoms with E-state index in [1.54, 1.807) is 23.1 Å². The van der Waals surface area contributed by atoms with E-state index in [4.69, 9.17) is 9.47 Å². The number of carbonyl (C=O) groups is 1. The first-order valence-electron chi connectivity index (χ1n) is 8.76. The van der Waals surface area contributed by atoms with Gasteiger partial charge in [0.25, 0.3) is 17.7 Å². The van der Waals surface area contributed by atoms with E-state index >= 15 is 0 Å². The molecule has 0 radical (unpaired) electrons. The molecule has 1 aliphatic rings. The van der Waals surface area contributed by atoms with Crippen molar-refractivity contribution < 1.29 is 18.7 Å². The lowest BCUT2D eigenvalue weighted by atomic mass is 10.1. The largest absolute Gasteiger partial charge is 0.477 e. The van der Waals surface area contributed by atoms with Crippen LogP contribution in [-0.4, -0.2) is 57.3 Å². The molecule has 28 heavy (non-hydrogen) atoms. The number of carbonyl (C=O) groups excluding carboxylic acids is 1. The van der Waals surface area contributed by atoms with Crippen molar-refractivity contribution in [3.63, 3.8) is 0 Å². The third-order valence-corrected chi connectivity index (χ3v) is 4.49. The minimum Gasteiger partial charge on any atom is -0.477 e. The van der Waals surface area contributed by atoms with Crippen LogP contribution in [0.2, 0.25) is 0 Å². The second-order valence-corrected chi connectivity index (χ2v) is 6.32. The minimum atomic E-state index is -0.321. The molecule has 9 heteroatoms. The maximum atomic E-state index is 13.1. The number of amides is 1. The topological polar surface area (TPSA) is 93.2 Å².